The van der Waals surface area contributed by atoms with Crippen LogP contribution in [0.2, 0.25) is 5.02 Å². The molecule has 1 heterocycles. The number of amides is 3. The van der Waals surface area contributed by atoms with Crippen LogP contribution < -0.4 is 20.3 Å². The topological polar surface area (TPSA) is 70.7 Å². The Labute approximate surface area is 157 Å². The molecule has 1 saturated heterocycles. The molecule has 0 radical (unpaired) electrons. The molecule has 0 spiro atoms. The Morgan fingerprint density at radius 2 is 2.12 bits per heavy atom. The minimum atomic E-state index is -0.336. The highest BCUT2D eigenvalue weighted by Crippen LogP contribution is 2.33. The van der Waals surface area contributed by atoms with Crippen molar-refractivity contribution in [3.05, 3.63) is 53.1 Å². The third-order valence-corrected chi connectivity index (χ3v) is 4.38. The Kier molecular flexibility index (Phi) is 5.63. The smallest absolute Gasteiger partial charge is 0.319 e. The van der Waals surface area contributed by atoms with Crippen molar-refractivity contribution in [2.75, 3.05) is 23.9 Å². The quantitative estimate of drug-likeness (QED) is 0.837. The second-order valence-electron chi connectivity index (χ2n) is 5.97. The summed E-state index contributed by atoms with van der Waals surface area (Å²) in [7, 11) is 1.54. The number of anilines is 2. The summed E-state index contributed by atoms with van der Waals surface area (Å²) in [5.41, 5.74) is 2.22. The zero-order valence-corrected chi connectivity index (χ0v) is 15.2. The van der Waals surface area contributed by atoms with Gasteiger partial charge in [-0.1, -0.05) is 23.7 Å². The van der Waals surface area contributed by atoms with Crippen LogP contribution in [0.3, 0.4) is 0 Å². The van der Waals surface area contributed by atoms with Gasteiger partial charge in [0.15, 0.2) is 0 Å². The second-order valence-corrected chi connectivity index (χ2v) is 6.41. The number of hydrogen-bond acceptors (Lipinski definition) is 3. The number of rotatable bonds is 5. The fourth-order valence-corrected chi connectivity index (χ4v) is 3.10. The molecule has 0 aliphatic carbocycles. The minimum absolute atomic E-state index is 0.0864. The Morgan fingerprint density at radius 1 is 1.27 bits per heavy atom. The largest absolute Gasteiger partial charge is 0.494 e. The maximum absolute atomic E-state index is 12.1. The molecule has 0 unspecified atom stereocenters. The van der Waals surface area contributed by atoms with Gasteiger partial charge < -0.3 is 20.3 Å². The van der Waals surface area contributed by atoms with Crippen molar-refractivity contribution in [3.8, 4) is 5.75 Å². The molecule has 26 heavy (non-hydrogen) atoms. The van der Waals surface area contributed by atoms with Gasteiger partial charge in [-0.15, -0.1) is 0 Å². The highest BCUT2D eigenvalue weighted by atomic mass is 35.5. The van der Waals surface area contributed by atoms with Gasteiger partial charge in [-0.05, 0) is 36.2 Å². The Morgan fingerprint density at radius 3 is 2.81 bits per heavy atom. The molecule has 3 rings (SSSR count). The van der Waals surface area contributed by atoms with Crippen molar-refractivity contribution in [2.24, 2.45) is 0 Å². The van der Waals surface area contributed by atoms with Crippen molar-refractivity contribution in [2.45, 2.75) is 19.4 Å². The average molecular weight is 374 g/mol. The third-order valence-electron chi connectivity index (χ3n) is 4.14. The molecule has 1 fully saturated rings. The minimum Gasteiger partial charge on any atom is -0.494 e. The number of carbonyl (C=O) groups excluding carboxylic acids is 2. The lowest BCUT2D eigenvalue weighted by Gasteiger charge is -2.19. The number of methoxy groups -OCH3 is 1. The summed E-state index contributed by atoms with van der Waals surface area (Å²) in [6.45, 7) is 1.05. The van der Waals surface area contributed by atoms with Gasteiger partial charge in [0.1, 0.15) is 5.75 Å². The first kappa shape index (κ1) is 18.1. The van der Waals surface area contributed by atoms with E-state index in [4.69, 9.17) is 16.3 Å². The van der Waals surface area contributed by atoms with E-state index in [1.54, 1.807) is 42.3 Å². The summed E-state index contributed by atoms with van der Waals surface area (Å²) in [4.78, 5) is 25.7. The molecule has 6 nitrogen and oxygen atoms in total. The molecule has 1 aliphatic heterocycles. The molecule has 0 atom stereocenters. The van der Waals surface area contributed by atoms with E-state index < -0.39 is 0 Å². The highest BCUT2D eigenvalue weighted by molar-refractivity contribution is 6.30. The average Bonchev–Trinajstić information content (AvgIpc) is 3.06. The van der Waals surface area contributed by atoms with Crippen molar-refractivity contribution < 1.29 is 14.3 Å². The maximum Gasteiger partial charge on any atom is 0.319 e. The van der Waals surface area contributed by atoms with Gasteiger partial charge in [0.05, 0.1) is 12.8 Å². The van der Waals surface area contributed by atoms with Crippen LogP contribution in [-0.4, -0.2) is 25.6 Å². The molecule has 0 aromatic heterocycles. The summed E-state index contributed by atoms with van der Waals surface area (Å²) in [6.07, 6.45) is 1.39. The third kappa shape index (κ3) is 4.26. The molecule has 0 bridgehead atoms. The fourth-order valence-electron chi connectivity index (χ4n) is 2.89. The van der Waals surface area contributed by atoms with Crippen LogP contribution in [0.15, 0.2) is 42.5 Å². The predicted molar refractivity (Wildman–Crippen MR) is 102 cm³/mol. The van der Waals surface area contributed by atoms with Gasteiger partial charge >= 0.3 is 6.03 Å². The molecular formula is C19H20ClN3O3. The van der Waals surface area contributed by atoms with Gasteiger partial charge in [-0.25, -0.2) is 4.79 Å². The number of carbonyl (C=O) groups is 2. The number of nitrogens with zero attached hydrogens (tertiary/aromatic N) is 1. The molecule has 2 N–H and O–H groups in total. The van der Waals surface area contributed by atoms with Crippen LogP contribution in [0.5, 0.6) is 5.75 Å². The Balaban J connectivity index is 1.64. The van der Waals surface area contributed by atoms with Crippen LogP contribution in [0, 0.1) is 0 Å². The lowest BCUT2D eigenvalue weighted by Crippen LogP contribution is -2.28. The number of urea groups is 1. The van der Waals surface area contributed by atoms with Gasteiger partial charge in [-0.3, -0.25) is 4.79 Å². The number of benzene rings is 2. The zero-order valence-electron chi connectivity index (χ0n) is 14.4. The SMILES string of the molecule is COc1cc(NC(=O)NCc2cccc(Cl)c2)ccc1N1CCCC1=O. The van der Waals surface area contributed by atoms with E-state index in [9.17, 15) is 9.59 Å². The van der Waals surface area contributed by atoms with Gasteiger partial charge in [0.2, 0.25) is 5.91 Å². The van der Waals surface area contributed by atoms with Gasteiger partial charge in [0, 0.05) is 36.3 Å². The van der Waals surface area contributed by atoms with Gasteiger partial charge in [0.25, 0.3) is 0 Å². The van der Waals surface area contributed by atoms with E-state index in [0.29, 0.717) is 36.0 Å². The van der Waals surface area contributed by atoms with Crippen molar-refractivity contribution in [1.82, 2.24) is 5.32 Å². The Hall–Kier alpha value is -2.73. The van der Waals surface area contributed by atoms with Crippen LogP contribution >= 0.6 is 11.6 Å². The van der Waals surface area contributed by atoms with Crippen LogP contribution in [0.25, 0.3) is 0 Å². The van der Waals surface area contributed by atoms with Crippen LogP contribution in [-0.2, 0) is 11.3 Å². The Bertz CT molecular complexity index is 825. The number of nitrogens with one attached hydrogen (secondary N) is 2. The van der Waals surface area contributed by atoms with E-state index in [1.807, 2.05) is 12.1 Å². The monoisotopic (exact) mass is 373 g/mol. The number of ether oxygens (including phenoxy) is 1. The summed E-state index contributed by atoms with van der Waals surface area (Å²) in [5, 5.41) is 6.17. The van der Waals surface area contributed by atoms with E-state index in [0.717, 1.165) is 17.7 Å². The van der Waals surface area contributed by atoms with Crippen molar-refractivity contribution in [1.29, 1.82) is 0 Å². The fraction of sp³-hybridized carbons (Fsp3) is 0.263. The first-order valence-corrected chi connectivity index (χ1v) is 8.72. The molecule has 2 aromatic rings. The lowest BCUT2D eigenvalue weighted by molar-refractivity contribution is -0.117. The summed E-state index contributed by atoms with van der Waals surface area (Å²) in [5.74, 6) is 0.635. The molecule has 7 heteroatoms. The van der Waals surface area contributed by atoms with E-state index in [1.165, 1.54) is 0 Å². The van der Waals surface area contributed by atoms with Crippen LogP contribution in [0.1, 0.15) is 18.4 Å². The zero-order chi connectivity index (χ0) is 18.5. The summed E-state index contributed by atoms with van der Waals surface area (Å²) >= 11 is 5.93. The molecule has 136 valence electrons. The first-order valence-electron chi connectivity index (χ1n) is 8.34. The second kappa shape index (κ2) is 8.10. The predicted octanol–water partition coefficient (Wildman–Crippen LogP) is 3.80. The van der Waals surface area contributed by atoms with Crippen molar-refractivity contribution in [3.63, 3.8) is 0 Å². The molecular weight excluding hydrogens is 354 g/mol. The van der Waals surface area contributed by atoms with Gasteiger partial charge in [-0.2, -0.15) is 0 Å². The van der Waals surface area contributed by atoms with E-state index in [2.05, 4.69) is 10.6 Å². The van der Waals surface area contributed by atoms with Crippen molar-refractivity contribution >= 4 is 34.9 Å². The van der Waals surface area contributed by atoms with Crippen LogP contribution in [0.4, 0.5) is 16.2 Å². The number of halogens is 1. The number of hydrogen-bond donors (Lipinski definition) is 2. The van der Waals surface area contributed by atoms with E-state index in [-0.39, 0.29) is 11.9 Å². The first-order chi connectivity index (χ1) is 12.6. The molecule has 0 saturated carbocycles. The lowest BCUT2D eigenvalue weighted by atomic mass is 10.2. The summed E-state index contributed by atoms with van der Waals surface area (Å²) in [6, 6.07) is 12.2. The normalized spacial score (nSPS) is 13.6. The standard InChI is InChI=1S/C19H20ClN3O3/c1-26-17-11-15(7-8-16(17)23-9-3-6-18(23)24)22-19(25)21-12-13-4-2-5-14(20)10-13/h2,4-5,7-8,10-11H,3,6,9,12H2,1H3,(H2,21,22,25). The molecule has 3 amide bonds. The summed E-state index contributed by atoms with van der Waals surface area (Å²) < 4.78 is 5.39. The maximum atomic E-state index is 12.1. The van der Waals surface area contributed by atoms with E-state index >= 15 is 0 Å². The highest BCUT2D eigenvalue weighted by Gasteiger charge is 2.24. The molecule has 2 aromatic carbocycles. The molecule has 1 aliphatic rings.